The van der Waals surface area contributed by atoms with Crippen LogP contribution in [0.5, 0.6) is 0 Å². The first-order valence-corrected chi connectivity index (χ1v) is 3.77. The van der Waals surface area contributed by atoms with Crippen LogP contribution in [-0.4, -0.2) is 19.3 Å². The lowest BCUT2D eigenvalue weighted by Crippen LogP contribution is -2.02. The molecule has 0 fully saturated rings. The second-order valence-electron chi connectivity index (χ2n) is 2.79. The van der Waals surface area contributed by atoms with Gasteiger partial charge in [-0.25, -0.2) is 19.3 Å². The van der Waals surface area contributed by atoms with E-state index in [2.05, 4.69) is 9.97 Å². The van der Waals surface area contributed by atoms with Crippen LogP contribution in [0.4, 0.5) is 0 Å². The van der Waals surface area contributed by atoms with Crippen molar-refractivity contribution in [3.8, 4) is 0 Å². The summed E-state index contributed by atoms with van der Waals surface area (Å²) >= 11 is 0. The van der Waals surface area contributed by atoms with Crippen molar-refractivity contribution < 1.29 is 0 Å². The van der Waals surface area contributed by atoms with E-state index in [1.54, 1.807) is 12.7 Å². The number of nitrogens with zero attached hydrogens (tertiary/aromatic N) is 4. The smallest absolute Gasteiger partial charge is 0.115 e. The lowest BCUT2D eigenvalue weighted by Gasteiger charge is -1.99. The Morgan fingerprint density at radius 1 is 0.917 bits per heavy atom. The van der Waals surface area contributed by atoms with Crippen LogP contribution >= 0.6 is 0 Å². The number of rotatable bonds is 1. The van der Waals surface area contributed by atoms with Crippen molar-refractivity contribution in [1.29, 1.82) is 0 Å². The second kappa shape index (κ2) is 2.48. The van der Waals surface area contributed by atoms with E-state index < -0.39 is 0 Å². The van der Waals surface area contributed by atoms with E-state index in [4.69, 9.17) is 0 Å². The molecule has 0 N–H and O–H groups in total. The molecule has 2 rings (SSSR count). The maximum absolute atomic E-state index is 4.12. The van der Waals surface area contributed by atoms with Crippen LogP contribution < -0.4 is 0 Å². The third-order valence-corrected chi connectivity index (χ3v) is 1.66. The molecule has 0 saturated carbocycles. The average molecular weight is 162 g/mol. The quantitative estimate of drug-likeness (QED) is 0.627. The zero-order valence-corrected chi connectivity index (χ0v) is 7.10. The lowest BCUT2D eigenvalue weighted by atomic mass is 10.6. The van der Waals surface area contributed by atoms with Crippen LogP contribution in [0, 0.1) is 13.8 Å². The Bertz CT molecular complexity index is 347. The number of imidazole rings is 2. The molecule has 0 amide bonds. The molecular weight excluding hydrogens is 152 g/mol. The molecule has 0 aromatic carbocycles. The highest BCUT2D eigenvalue weighted by Crippen LogP contribution is 1.97. The first kappa shape index (κ1) is 7.09. The van der Waals surface area contributed by atoms with Crippen LogP contribution in [-0.2, 0) is 0 Å². The number of hydrogen-bond donors (Lipinski definition) is 0. The Kier molecular flexibility index (Phi) is 1.46. The Morgan fingerprint density at radius 3 is 1.58 bits per heavy atom. The molecular formula is C8H10N4. The normalized spacial score (nSPS) is 10.5. The molecule has 0 aliphatic carbocycles. The molecule has 2 aromatic heterocycles. The van der Waals surface area contributed by atoms with Crippen molar-refractivity contribution in [2.24, 2.45) is 0 Å². The van der Waals surface area contributed by atoms with Gasteiger partial charge in [-0.2, -0.15) is 0 Å². The zero-order valence-electron chi connectivity index (χ0n) is 7.10. The van der Waals surface area contributed by atoms with E-state index in [1.165, 1.54) is 0 Å². The molecule has 0 aliphatic rings. The fraction of sp³-hybridized carbons (Fsp3) is 0.250. The van der Waals surface area contributed by atoms with E-state index in [0.717, 1.165) is 11.4 Å². The van der Waals surface area contributed by atoms with E-state index in [1.807, 2.05) is 35.6 Å². The SMILES string of the molecule is Cc1cn(-n2cnc(C)c2)cn1. The molecule has 2 heterocycles. The zero-order chi connectivity index (χ0) is 8.55. The highest BCUT2D eigenvalue weighted by molar-refractivity contribution is 4.97. The summed E-state index contributed by atoms with van der Waals surface area (Å²) in [5.74, 6) is 0. The van der Waals surface area contributed by atoms with Crippen LogP contribution in [0.3, 0.4) is 0 Å². The third-order valence-electron chi connectivity index (χ3n) is 1.66. The van der Waals surface area contributed by atoms with Gasteiger partial charge in [-0.05, 0) is 13.8 Å². The first-order chi connectivity index (χ1) is 5.75. The Morgan fingerprint density at radius 2 is 1.33 bits per heavy atom. The minimum absolute atomic E-state index is 1.00. The van der Waals surface area contributed by atoms with Crippen molar-refractivity contribution in [1.82, 2.24) is 19.3 Å². The number of aromatic nitrogens is 4. The van der Waals surface area contributed by atoms with Crippen LogP contribution in [0.2, 0.25) is 0 Å². The van der Waals surface area contributed by atoms with Gasteiger partial charge in [-0.3, -0.25) is 0 Å². The van der Waals surface area contributed by atoms with Crippen molar-refractivity contribution in [2.75, 3.05) is 0 Å². The van der Waals surface area contributed by atoms with Gasteiger partial charge in [0.2, 0.25) is 0 Å². The van der Waals surface area contributed by atoms with E-state index in [-0.39, 0.29) is 0 Å². The highest BCUT2D eigenvalue weighted by atomic mass is 15.5. The Hall–Kier alpha value is -1.58. The predicted octanol–water partition coefficient (Wildman–Crippen LogP) is 1.01. The standard InChI is InChI=1S/C8H10N4/c1-7-3-11(5-9-7)12-4-8(2)10-6-12/h3-6H,1-2H3. The van der Waals surface area contributed by atoms with Crippen molar-refractivity contribution in [3.05, 3.63) is 36.4 Å². The molecule has 4 nitrogen and oxygen atoms in total. The van der Waals surface area contributed by atoms with Gasteiger partial charge in [0.1, 0.15) is 12.7 Å². The summed E-state index contributed by atoms with van der Waals surface area (Å²) in [7, 11) is 0. The van der Waals surface area contributed by atoms with Gasteiger partial charge in [0.15, 0.2) is 0 Å². The first-order valence-electron chi connectivity index (χ1n) is 3.77. The molecule has 0 bridgehead atoms. The van der Waals surface area contributed by atoms with Crippen LogP contribution in [0.25, 0.3) is 0 Å². The summed E-state index contributed by atoms with van der Waals surface area (Å²) in [5, 5.41) is 0. The van der Waals surface area contributed by atoms with Gasteiger partial charge in [0.05, 0.1) is 11.4 Å². The minimum atomic E-state index is 1.00. The molecule has 0 aliphatic heterocycles. The van der Waals surface area contributed by atoms with E-state index in [0.29, 0.717) is 0 Å². The molecule has 12 heavy (non-hydrogen) atoms. The molecule has 0 spiro atoms. The third kappa shape index (κ3) is 1.11. The minimum Gasteiger partial charge on any atom is -0.243 e. The summed E-state index contributed by atoms with van der Waals surface area (Å²) < 4.78 is 3.77. The van der Waals surface area contributed by atoms with Gasteiger partial charge >= 0.3 is 0 Å². The maximum Gasteiger partial charge on any atom is 0.115 e. The van der Waals surface area contributed by atoms with Gasteiger partial charge in [0.25, 0.3) is 0 Å². The van der Waals surface area contributed by atoms with E-state index >= 15 is 0 Å². The molecule has 0 unspecified atom stereocenters. The second-order valence-corrected chi connectivity index (χ2v) is 2.79. The van der Waals surface area contributed by atoms with Gasteiger partial charge in [-0.15, -0.1) is 0 Å². The monoisotopic (exact) mass is 162 g/mol. The average Bonchev–Trinajstić information content (AvgIpc) is 2.58. The molecule has 0 saturated heterocycles. The molecule has 62 valence electrons. The van der Waals surface area contributed by atoms with Gasteiger partial charge in [-0.1, -0.05) is 0 Å². The Labute approximate surface area is 70.5 Å². The van der Waals surface area contributed by atoms with Crippen LogP contribution in [0.15, 0.2) is 25.0 Å². The maximum atomic E-state index is 4.12. The summed E-state index contributed by atoms with van der Waals surface area (Å²) in [5.41, 5.74) is 2.00. The fourth-order valence-corrected chi connectivity index (χ4v) is 1.07. The topological polar surface area (TPSA) is 35.6 Å². The lowest BCUT2D eigenvalue weighted by molar-refractivity contribution is 0.656. The van der Waals surface area contributed by atoms with Crippen molar-refractivity contribution in [3.63, 3.8) is 0 Å². The Balaban J connectivity index is 2.43. The van der Waals surface area contributed by atoms with E-state index in [9.17, 15) is 0 Å². The van der Waals surface area contributed by atoms with Crippen molar-refractivity contribution in [2.45, 2.75) is 13.8 Å². The van der Waals surface area contributed by atoms with Gasteiger partial charge in [0, 0.05) is 12.4 Å². The van der Waals surface area contributed by atoms with Crippen LogP contribution in [0.1, 0.15) is 11.4 Å². The summed E-state index contributed by atoms with van der Waals surface area (Å²) in [6, 6.07) is 0. The fourth-order valence-electron chi connectivity index (χ4n) is 1.07. The predicted molar refractivity (Wildman–Crippen MR) is 44.7 cm³/mol. The highest BCUT2D eigenvalue weighted by Gasteiger charge is 1.95. The number of hydrogen-bond acceptors (Lipinski definition) is 2. The van der Waals surface area contributed by atoms with Crippen molar-refractivity contribution >= 4 is 0 Å². The summed E-state index contributed by atoms with van der Waals surface area (Å²) in [4.78, 5) is 8.23. The summed E-state index contributed by atoms with van der Waals surface area (Å²) in [6.07, 6.45) is 7.41. The van der Waals surface area contributed by atoms with Gasteiger partial charge < -0.3 is 0 Å². The molecule has 2 aromatic rings. The molecule has 0 atom stereocenters. The largest absolute Gasteiger partial charge is 0.243 e. The molecule has 4 heteroatoms. The number of aryl methyl sites for hydroxylation is 2. The molecule has 0 radical (unpaired) electrons. The summed E-state index contributed by atoms with van der Waals surface area (Å²) in [6.45, 7) is 3.92.